The largest absolute Gasteiger partial charge is 0.334 e. The number of rotatable bonds is 5. The highest BCUT2D eigenvalue weighted by Crippen LogP contribution is 2.15. The lowest BCUT2D eigenvalue weighted by atomic mass is 10.2. The molecule has 1 saturated heterocycles. The van der Waals surface area contributed by atoms with Crippen LogP contribution in [-0.2, 0) is 13.1 Å². The highest BCUT2D eigenvalue weighted by molar-refractivity contribution is 5.74. The Hall–Kier alpha value is -2.62. The molecule has 0 saturated carbocycles. The molecule has 1 aliphatic heterocycles. The van der Waals surface area contributed by atoms with Crippen LogP contribution in [0.15, 0.2) is 30.6 Å². The van der Waals surface area contributed by atoms with E-state index >= 15 is 0 Å². The van der Waals surface area contributed by atoms with E-state index < -0.39 is 18.2 Å². The molecule has 27 heavy (non-hydrogen) atoms. The first kappa shape index (κ1) is 19.2. The summed E-state index contributed by atoms with van der Waals surface area (Å²) in [7, 11) is 0. The Balaban J connectivity index is 1.46. The van der Waals surface area contributed by atoms with Gasteiger partial charge in [-0.25, -0.2) is 18.6 Å². The Morgan fingerprint density at radius 1 is 1.15 bits per heavy atom. The first-order valence-corrected chi connectivity index (χ1v) is 8.43. The number of hydrogen-bond acceptors (Lipinski definition) is 3. The molecule has 2 amide bonds. The van der Waals surface area contributed by atoms with Crippen LogP contribution in [-0.4, -0.2) is 51.6 Å². The topological polar surface area (TPSA) is 53.4 Å². The fourth-order valence-corrected chi connectivity index (χ4v) is 2.89. The van der Waals surface area contributed by atoms with Crippen molar-refractivity contribution >= 4 is 6.03 Å². The van der Waals surface area contributed by atoms with Gasteiger partial charge in [0.2, 0.25) is 0 Å². The van der Waals surface area contributed by atoms with Crippen LogP contribution in [0, 0.1) is 11.6 Å². The predicted octanol–water partition coefficient (Wildman–Crippen LogP) is 2.58. The molecular formula is C17H19F4N5O. The number of imidazole rings is 1. The lowest BCUT2D eigenvalue weighted by Crippen LogP contribution is -2.51. The van der Waals surface area contributed by atoms with E-state index in [4.69, 9.17) is 0 Å². The lowest BCUT2D eigenvalue weighted by molar-refractivity contribution is 0.0618. The standard InChI is InChI=1S/C17H19F4N5O/c18-13-2-1-12(9-14(13)19)10-23-17(27)25-7-5-24(6-8-25)11-15-22-3-4-26(15)16(20)21/h1-4,9,16H,5-8,10-11H2,(H,23,27). The normalized spacial score (nSPS) is 15.4. The third-order valence-corrected chi connectivity index (χ3v) is 4.41. The van der Waals surface area contributed by atoms with Gasteiger partial charge in [-0.05, 0) is 17.7 Å². The minimum atomic E-state index is -2.63. The Morgan fingerprint density at radius 3 is 2.56 bits per heavy atom. The minimum absolute atomic E-state index is 0.0854. The number of alkyl halides is 2. The van der Waals surface area contributed by atoms with Crippen LogP contribution in [0.4, 0.5) is 22.4 Å². The molecule has 0 spiro atoms. The molecule has 1 aromatic carbocycles. The zero-order valence-electron chi connectivity index (χ0n) is 14.4. The zero-order chi connectivity index (χ0) is 19.4. The van der Waals surface area contributed by atoms with E-state index in [1.54, 1.807) is 4.90 Å². The summed E-state index contributed by atoms with van der Waals surface area (Å²) in [6.07, 6.45) is 2.57. The number of carbonyl (C=O) groups is 1. The molecule has 0 radical (unpaired) electrons. The number of nitrogens with one attached hydrogen (secondary N) is 1. The molecule has 1 N–H and O–H groups in total. The Kier molecular flexibility index (Phi) is 5.94. The van der Waals surface area contributed by atoms with Crippen molar-refractivity contribution in [1.82, 2.24) is 24.7 Å². The van der Waals surface area contributed by atoms with Gasteiger partial charge in [0.15, 0.2) is 11.6 Å². The third-order valence-electron chi connectivity index (χ3n) is 4.41. The van der Waals surface area contributed by atoms with Crippen LogP contribution in [0.1, 0.15) is 17.9 Å². The summed E-state index contributed by atoms with van der Waals surface area (Å²) in [4.78, 5) is 19.7. The van der Waals surface area contributed by atoms with E-state index in [-0.39, 0.29) is 24.9 Å². The Morgan fingerprint density at radius 2 is 1.89 bits per heavy atom. The zero-order valence-corrected chi connectivity index (χ0v) is 14.4. The summed E-state index contributed by atoms with van der Waals surface area (Å²) in [6, 6.07) is 3.15. The van der Waals surface area contributed by atoms with Crippen molar-refractivity contribution < 1.29 is 22.4 Å². The molecule has 2 heterocycles. The fourth-order valence-electron chi connectivity index (χ4n) is 2.89. The molecule has 146 valence electrons. The van der Waals surface area contributed by atoms with Crippen molar-refractivity contribution in [3.8, 4) is 0 Å². The molecule has 3 rings (SSSR count). The number of halogens is 4. The molecule has 1 fully saturated rings. The first-order valence-electron chi connectivity index (χ1n) is 8.43. The number of urea groups is 1. The molecule has 1 aliphatic rings. The van der Waals surface area contributed by atoms with Crippen molar-refractivity contribution in [1.29, 1.82) is 0 Å². The number of piperazine rings is 1. The van der Waals surface area contributed by atoms with Crippen molar-refractivity contribution in [2.24, 2.45) is 0 Å². The average molecular weight is 385 g/mol. The number of nitrogens with zero attached hydrogens (tertiary/aromatic N) is 4. The summed E-state index contributed by atoms with van der Waals surface area (Å²) in [5.74, 6) is -1.62. The van der Waals surface area contributed by atoms with Crippen LogP contribution in [0.25, 0.3) is 0 Å². The van der Waals surface area contributed by atoms with Gasteiger partial charge in [0.1, 0.15) is 5.82 Å². The molecule has 0 unspecified atom stereocenters. The summed E-state index contributed by atoms with van der Waals surface area (Å²) in [5, 5.41) is 2.66. The highest BCUT2D eigenvalue weighted by Gasteiger charge is 2.23. The highest BCUT2D eigenvalue weighted by atomic mass is 19.3. The smallest absolute Gasteiger partial charge is 0.319 e. The maximum absolute atomic E-state index is 13.2. The summed E-state index contributed by atoms with van der Waals surface area (Å²) < 4.78 is 52.6. The first-order chi connectivity index (χ1) is 12.9. The van der Waals surface area contributed by atoms with E-state index in [1.165, 1.54) is 18.5 Å². The number of benzene rings is 1. The van der Waals surface area contributed by atoms with Gasteiger partial charge in [-0.2, -0.15) is 8.78 Å². The molecule has 2 aromatic rings. The minimum Gasteiger partial charge on any atom is -0.334 e. The van der Waals surface area contributed by atoms with E-state index in [1.807, 2.05) is 4.90 Å². The van der Waals surface area contributed by atoms with Gasteiger partial charge in [-0.15, -0.1) is 0 Å². The van der Waals surface area contributed by atoms with Crippen molar-refractivity contribution in [3.63, 3.8) is 0 Å². The van der Waals surface area contributed by atoms with Crippen LogP contribution in [0.5, 0.6) is 0 Å². The van der Waals surface area contributed by atoms with Crippen LogP contribution < -0.4 is 5.32 Å². The number of hydrogen-bond donors (Lipinski definition) is 1. The van der Waals surface area contributed by atoms with Crippen LogP contribution in [0.2, 0.25) is 0 Å². The maximum Gasteiger partial charge on any atom is 0.319 e. The third kappa shape index (κ3) is 4.76. The number of aromatic nitrogens is 2. The van der Waals surface area contributed by atoms with Gasteiger partial charge in [0.25, 0.3) is 0 Å². The summed E-state index contributed by atoms with van der Waals surface area (Å²) in [6.45, 7) is -0.364. The molecule has 0 aliphatic carbocycles. The molecule has 0 bridgehead atoms. The van der Waals surface area contributed by atoms with E-state index in [0.717, 1.165) is 16.7 Å². The van der Waals surface area contributed by atoms with Crippen LogP contribution >= 0.6 is 0 Å². The Bertz CT molecular complexity index is 789. The van der Waals surface area contributed by atoms with E-state index in [9.17, 15) is 22.4 Å². The van der Waals surface area contributed by atoms with Crippen LogP contribution in [0.3, 0.4) is 0 Å². The second-order valence-electron chi connectivity index (χ2n) is 6.20. The second kappa shape index (κ2) is 8.38. The van der Waals surface area contributed by atoms with Crippen molar-refractivity contribution in [2.45, 2.75) is 19.6 Å². The van der Waals surface area contributed by atoms with E-state index in [0.29, 0.717) is 31.7 Å². The van der Waals surface area contributed by atoms with Gasteiger partial charge in [0.05, 0.1) is 6.54 Å². The molecule has 0 atom stereocenters. The molecule has 10 heteroatoms. The molecule has 1 aromatic heterocycles. The van der Waals surface area contributed by atoms with Gasteiger partial charge < -0.3 is 10.2 Å². The summed E-state index contributed by atoms with van der Waals surface area (Å²) >= 11 is 0. The fraction of sp³-hybridized carbons (Fsp3) is 0.412. The Labute approximate surface area is 153 Å². The lowest BCUT2D eigenvalue weighted by Gasteiger charge is -2.34. The predicted molar refractivity (Wildman–Crippen MR) is 88.9 cm³/mol. The average Bonchev–Trinajstić information content (AvgIpc) is 3.11. The van der Waals surface area contributed by atoms with Gasteiger partial charge in [-0.1, -0.05) is 6.07 Å². The van der Waals surface area contributed by atoms with Crippen molar-refractivity contribution in [3.05, 3.63) is 53.6 Å². The second-order valence-corrected chi connectivity index (χ2v) is 6.20. The van der Waals surface area contributed by atoms with Gasteiger partial charge >= 0.3 is 12.6 Å². The van der Waals surface area contributed by atoms with Gasteiger partial charge in [-0.3, -0.25) is 9.47 Å². The quantitative estimate of drug-likeness (QED) is 0.805. The monoisotopic (exact) mass is 385 g/mol. The summed E-state index contributed by atoms with van der Waals surface area (Å²) in [5.41, 5.74) is 0.458. The van der Waals surface area contributed by atoms with Gasteiger partial charge in [0, 0.05) is 45.1 Å². The maximum atomic E-state index is 13.2. The number of carbonyl (C=O) groups excluding carboxylic acids is 1. The van der Waals surface area contributed by atoms with E-state index in [2.05, 4.69) is 10.3 Å². The number of amides is 2. The molecular weight excluding hydrogens is 366 g/mol. The van der Waals surface area contributed by atoms with Crippen molar-refractivity contribution in [2.75, 3.05) is 26.2 Å². The SMILES string of the molecule is O=C(NCc1ccc(F)c(F)c1)N1CCN(Cc2nccn2C(F)F)CC1. The molecule has 6 nitrogen and oxygen atoms in total.